The Balaban J connectivity index is 1.27. The van der Waals surface area contributed by atoms with Gasteiger partial charge in [-0.1, -0.05) is 12.1 Å². The maximum Gasteiger partial charge on any atom is 0.262 e. The number of nitrogens with zero attached hydrogens (tertiary/aromatic N) is 2. The standard InChI is InChI=1S/C23H28N4O4/c28-19-7-6-18(21(29)25-19)27-22(30)17-3-1-2-15(20(17)23(27)31)13-26-10-8-16(9-11-26)24-12-14-4-5-14/h1-3,14,16,18,24H,4-13H2,(H,25,28,29). The lowest BCUT2D eigenvalue weighted by atomic mass is 10.00. The van der Waals surface area contributed by atoms with E-state index < -0.39 is 23.8 Å². The Morgan fingerprint density at radius 1 is 0.968 bits per heavy atom. The number of imide groups is 2. The summed E-state index contributed by atoms with van der Waals surface area (Å²) in [6, 6.07) is 4.99. The van der Waals surface area contributed by atoms with Gasteiger partial charge in [0.2, 0.25) is 11.8 Å². The van der Waals surface area contributed by atoms with Gasteiger partial charge in [0, 0.05) is 19.0 Å². The first-order valence-electron chi connectivity index (χ1n) is 11.3. The maximum absolute atomic E-state index is 13.2. The molecular formula is C23H28N4O4. The molecule has 1 aliphatic carbocycles. The topological polar surface area (TPSA) is 98.8 Å². The summed E-state index contributed by atoms with van der Waals surface area (Å²) in [4.78, 5) is 53.3. The number of carbonyl (C=O) groups excluding carboxylic acids is 4. The van der Waals surface area contributed by atoms with Crippen molar-refractivity contribution < 1.29 is 19.2 Å². The lowest BCUT2D eigenvalue weighted by Gasteiger charge is -2.33. The molecule has 164 valence electrons. The summed E-state index contributed by atoms with van der Waals surface area (Å²) in [5.41, 5.74) is 1.59. The van der Waals surface area contributed by atoms with Crippen LogP contribution in [0.5, 0.6) is 0 Å². The predicted molar refractivity (Wildman–Crippen MR) is 112 cm³/mol. The summed E-state index contributed by atoms with van der Waals surface area (Å²) < 4.78 is 0. The van der Waals surface area contributed by atoms with Crippen LogP contribution in [0.3, 0.4) is 0 Å². The smallest absolute Gasteiger partial charge is 0.262 e. The van der Waals surface area contributed by atoms with Crippen molar-refractivity contribution in [2.24, 2.45) is 5.92 Å². The van der Waals surface area contributed by atoms with Gasteiger partial charge in [-0.05, 0) is 69.3 Å². The average molecular weight is 425 g/mol. The second-order valence-corrected chi connectivity index (χ2v) is 9.19. The van der Waals surface area contributed by atoms with Crippen molar-refractivity contribution in [2.75, 3.05) is 19.6 Å². The molecule has 2 saturated heterocycles. The Labute approximate surface area is 181 Å². The number of fused-ring (bicyclic) bond motifs is 1. The normalized spacial score (nSPS) is 25.2. The predicted octanol–water partition coefficient (Wildman–Crippen LogP) is 1.05. The van der Waals surface area contributed by atoms with Crippen molar-refractivity contribution >= 4 is 23.6 Å². The summed E-state index contributed by atoms with van der Waals surface area (Å²) >= 11 is 0. The molecule has 8 nitrogen and oxygen atoms in total. The number of hydrogen-bond acceptors (Lipinski definition) is 6. The molecule has 1 aromatic rings. The van der Waals surface area contributed by atoms with Gasteiger partial charge < -0.3 is 5.32 Å². The summed E-state index contributed by atoms with van der Waals surface area (Å²) in [5.74, 6) is -0.937. The highest BCUT2D eigenvalue weighted by Crippen LogP contribution is 2.31. The number of amides is 4. The molecule has 4 amide bonds. The third kappa shape index (κ3) is 4.02. The van der Waals surface area contributed by atoms with Gasteiger partial charge in [0.1, 0.15) is 6.04 Å². The second-order valence-electron chi connectivity index (χ2n) is 9.19. The first kappa shape index (κ1) is 20.3. The molecule has 31 heavy (non-hydrogen) atoms. The summed E-state index contributed by atoms with van der Waals surface area (Å²) in [7, 11) is 0. The number of rotatable bonds is 6. The molecule has 2 N–H and O–H groups in total. The van der Waals surface area contributed by atoms with E-state index in [4.69, 9.17) is 0 Å². The number of carbonyl (C=O) groups is 4. The largest absolute Gasteiger partial charge is 0.314 e. The molecule has 0 radical (unpaired) electrons. The molecule has 1 saturated carbocycles. The highest BCUT2D eigenvalue weighted by atomic mass is 16.2. The molecule has 4 aliphatic rings. The minimum absolute atomic E-state index is 0.125. The first-order valence-corrected chi connectivity index (χ1v) is 11.3. The Bertz CT molecular complexity index is 934. The van der Waals surface area contributed by atoms with Crippen LogP contribution in [0, 0.1) is 5.92 Å². The Morgan fingerprint density at radius 3 is 2.45 bits per heavy atom. The molecule has 1 unspecified atom stereocenters. The number of benzene rings is 1. The fourth-order valence-corrected chi connectivity index (χ4v) is 4.91. The lowest BCUT2D eigenvalue weighted by molar-refractivity contribution is -0.136. The fourth-order valence-electron chi connectivity index (χ4n) is 4.91. The average Bonchev–Trinajstić information content (AvgIpc) is 3.55. The van der Waals surface area contributed by atoms with Crippen LogP contribution in [-0.4, -0.2) is 65.1 Å². The van der Waals surface area contributed by atoms with E-state index >= 15 is 0 Å². The van der Waals surface area contributed by atoms with Crippen molar-refractivity contribution in [1.82, 2.24) is 20.4 Å². The minimum Gasteiger partial charge on any atom is -0.314 e. The molecule has 0 bridgehead atoms. The van der Waals surface area contributed by atoms with Gasteiger partial charge >= 0.3 is 0 Å². The van der Waals surface area contributed by atoms with Crippen molar-refractivity contribution in [3.63, 3.8) is 0 Å². The van der Waals surface area contributed by atoms with Crippen LogP contribution in [0.25, 0.3) is 0 Å². The lowest BCUT2D eigenvalue weighted by Crippen LogP contribution is -2.54. The van der Waals surface area contributed by atoms with Crippen LogP contribution < -0.4 is 10.6 Å². The summed E-state index contributed by atoms with van der Waals surface area (Å²) in [5, 5.41) is 5.92. The van der Waals surface area contributed by atoms with E-state index in [-0.39, 0.29) is 18.7 Å². The van der Waals surface area contributed by atoms with Crippen molar-refractivity contribution in [3.8, 4) is 0 Å². The van der Waals surface area contributed by atoms with E-state index in [0.717, 1.165) is 48.9 Å². The van der Waals surface area contributed by atoms with E-state index in [1.54, 1.807) is 12.1 Å². The summed E-state index contributed by atoms with van der Waals surface area (Å²) in [6.07, 6.45) is 5.17. The SMILES string of the molecule is O=C1CCC(N2C(=O)c3cccc(CN4CCC(NCC5CC5)CC4)c3C2=O)C(=O)N1. The molecule has 3 aliphatic heterocycles. The van der Waals surface area contributed by atoms with E-state index in [9.17, 15) is 19.2 Å². The van der Waals surface area contributed by atoms with Gasteiger partial charge in [0.15, 0.2) is 0 Å². The third-order valence-electron chi connectivity index (χ3n) is 6.93. The van der Waals surface area contributed by atoms with Crippen LogP contribution in [0.1, 0.15) is 64.8 Å². The second kappa shape index (κ2) is 8.16. The zero-order valence-corrected chi connectivity index (χ0v) is 17.6. The molecule has 1 atom stereocenters. The Morgan fingerprint density at radius 2 is 1.74 bits per heavy atom. The maximum atomic E-state index is 13.2. The molecule has 0 aromatic heterocycles. The van der Waals surface area contributed by atoms with Crippen LogP contribution in [-0.2, 0) is 16.1 Å². The molecule has 8 heteroatoms. The summed E-state index contributed by atoms with van der Waals surface area (Å²) in [6.45, 7) is 3.64. The quantitative estimate of drug-likeness (QED) is 0.663. The van der Waals surface area contributed by atoms with Crippen molar-refractivity contribution in [2.45, 2.75) is 57.2 Å². The fraction of sp³-hybridized carbons (Fsp3) is 0.565. The molecular weight excluding hydrogens is 396 g/mol. The molecule has 1 aromatic carbocycles. The van der Waals surface area contributed by atoms with Crippen molar-refractivity contribution in [3.05, 3.63) is 34.9 Å². The van der Waals surface area contributed by atoms with Gasteiger partial charge in [0.05, 0.1) is 11.1 Å². The van der Waals surface area contributed by atoms with Gasteiger partial charge in [-0.3, -0.25) is 34.3 Å². The minimum atomic E-state index is -0.925. The van der Waals surface area contributed by atoms with E-state index in [0.29, 0.717) is 23.7 Å². The zero-order valence-electron chi connectivity index (χ0n) is 17.6. The van der Waals surface area contributed by atoms with Gasteiger partial charge in [-0.2, -0.15) is 0 Å². The van der Waals surface area contributed by atoms with E-state index in [1.165, 1.54) is 12.8 Å². The van der Waals surface area contributed by atoms with Gasteiger partial charge in [-0.25, -0.2) is 0 Å². The van der Waals surface area contributed by atoms with Gasteiger partial charge in [-0.15, -0.1) is 0 Å². The number of hydrogen-bond donors (Lipinski definition) is 2. The number of piperidine rings is 2. The van der Waals surface area contributed by atoms with Crippen LogP contribution in [0.2, 0.25) is 0 Å². The monoisotopic (exact) mass is 424 g/mol. The highest BCUT2D eigenvalue weighted by Gasteiger charge is 2.45. The van der Waals surface area contributed by atoms with Crippen LogP contribution >= 0.6 is 0 Å². The van der Waals surface area contributed by atoms with Crippen LogP contribution in [0.4, 0.5) is 0 Å². The number of likely N-dealkylation sites (tertiary alicyclic amines) is 1. The zero-order chi connectivity index (χ0) is 21.5. The first-order chi connectivity index (χ1) is 15.0. The Kier molecular flexibility index (Phi) is 5.35. The van der Waals surface area contributed by atoms with Gasteiger partial charge in [0.25, 0.3) is 11.8 Å². The third-order valence-corrected chi connectivity index (χ3v) is 6.93. The molecule has 3 fully saturated rings. The van der Waals surface area contributed by atoms with E-state index in [2.05, 4.69) is 15.5 Å². The number of nitrogens with one attached hydrogen (secondary N) is 2. The highest BCUT2D eigenvalue weighted by molar-refractivity contribution is 6.24. The molecule has 3 heterocycles. The molecule has 5 rings (SSSR count). The van der Waals surface area contributed by atoms with Crippen molar-refractivity contribution in [1.29, 1.82) is 0 Å². The molecule has 0 spiro atoms. The Hall–Kier alpha value is -2.58. The van der Waals surface area contributed by atoms with Crippen LogP contribution in [0.15, 0.2) is 18.2 Å². The van der Waals surface area contributed by atoms with E-state index in [1.807, 2.05) is 6.07 Å².